The first-order valence-corrected chi connectivity index (χ1v) is 6.57. The van der Waals surface area contributed by atoms with Gasteiger partial charge in [-0.3, -0.25) is 4.90 Å². The second kappa shape index (κ2) is 6.49. The topological polar surface area (TPSA) is 15.3 Å². The zero-order valence-corrected chi connectivity index (χ0v) is 10.9. The molecule has 90 valence electrons. The van der Waals surface area contributed by atoms with E-state index >= 15 is 0 Å². The van der Waals surface area contributed by atoms with E-state index in [9.17, 15) is 0 Å². The van der Waals surface area contributed by atoms with Crippen molar-refractivity contribution in [2.45, 2.75) is 46.1 Å². The van der Waals surface area contributed by atoms with Crippen LogP contribution in [0.2, 0.25) is 0 Å². The van der Waals surface area contributed by atoms with Crippen LogP contribution < -0.4 is 5.32 Å². The fourth-order valence-corrected chi connectivity index (χ4v) is 2.50. The molecule has 1 atom stereocenters. The molecule has 15 heavy (non-hydrogen) atoms. The lowest BCUT2D eigenvalue weighted by Gasteiger charge is -2.38. The van der Waals surface area contributed by atoms with Gasteiger partial charge in [0.25, 0.3) is 0 Å². The summed E-state index contributed by atoms with van der Waals surface area (Å²) in [7, 11) is 2.06. The zero-order chi connectivity index (χ0) is 11.3. The molecule has 1 aliphatic carbocycles. The molecule has 1 N–H and O–H groups in total. The molecule has 0 spiro atoms. The standard InChI is InChI=1S/C13H28N2/c1-5-15(10-12-7-6-8-12)13(9-14-4)11(2)3/h11-14H,5-10H2,1-4H3. The maximum atomic E-state index is 3.33. The second-order valence-electron chi connectivity index (χ2n) is 5.25. The van der Waals surface area contributed by atoms with Crippen LogP contribution in [0.5, 0.6) is 0 Å². The fraction of sp³-hybridized carbons (Fsp3) is 1.00. The lowest BCUT2D eigenvalue weighted by atomic mass is 9.84. The molecule has 0 saturated heterocycles. The highest BCUT2D eigenvalue weighted by atomic mass is 15.2. The Kier molecular flexibility index (Phi) is 5.62. The van der Waals surface area contributed by atoms with Gasteiger partial charge in [-0.1, -0.05) is 27.2 Å². The van der Waals surface area contributed by atoms with Crippen LogP contribution in [0.4, 0.5) is 0 Å². The average molecular weight is 212 g/mol. The summed E-state index contributed by atoms with van der Waals surface area (Å²) in [5.41, 5.74) is 0. The highest BCUT2D eigenvalue weighted by molar-refractivity contribution is 4.80. The van der Waals surface area contributed by atoms with Crippen LogP contribution in [0.25, 0.3) is 0 Å². The van der Waals surface area contributed by atoms with E-state index in [4.69, 9.17) is 0 Å². The molecule has 0 aliphatic heterocycles. The van der Waals surface area contributed by atoms with Gasteiger partial charge >= 0.3 is 0 Å². The lowest BCUT2D eigenvalue weighted by molar-refractivity contribution is 0.111. The van der Waals surface area contributed by atoms with Gasteiger partial charge in [0.05, 0.1) is 0 Å². The van der Waals surface area contributed by atoms with Crippen molar-refractivity contribution in [3.05, 3.63) is 0 Å². The van der Waals surface area contributed by atoms with Crippen LogP contribution in [0, 0.1) is 11.8 Å². The van der Waals surface area contributed by atoms with E-state index < -0.39 is 0 Å². The van der Waals surface area contributed by atoms with Gasteiger partial charge in [-0.05, 0) is 38.3 Å². The van der Waals surface area contributed by atoms with Crippen LogP contribution >= 0.6 is 0 Å². The van der Waals surface area contributed by atoms with Crippen molar-refractivity contribution in [3.63, 3.8) is 0 Å². The van der Waals surface area contributed by atoms with Crippen molar-refractivity contribution in [2.24, 2.45) is 11.8 Å². The zero-order valence-electron chi connectivity index (χ0n) is 10.9. The quantitative estimate of drug-likeness (QED) is 0.697. The van der Waals surface area contributed by atoms with E-state index in [1.54, 1.807) is 0 Å². The molecule has 0 amide bonds. The number of nitrogens with one attached hydrogen (secondary N) is 1. The van der Waals surface area contributed by atoms with E-state index in [0.29, 0.717) is 6.04 Å². The van der Waals surface area contributed by atoms with Crippen LogP contribution in [0.3, 0.4) is 0 Å². The predicted molar refractivity (Wildman–Crippen MR) is 67.1 cm³/mol. The third-order valence-electron chi connectivity index (χ3n) is 3.78. The Morgan fingerprint density at radius 1 is 1.33 bits per heavy atom. The molecule has 1 aliphatic rings. The average Bonchev–Trinajstić information content (AvgIpc) is 2.14. The first-order valence-electron chi connectivity index (χ1n) is 6.57. The number of hydrogen-bond donors (Lipinski definition) is 1. The van der Waals surface area contributed by atoms with Gasteiger partial charge in [0.2, 0.25) is 0 Å². The van der Waals surface area contributed by atoms with Crippen molar-refractivity contribution in [3.8, 4) is 0 Å². The highest BCUT2D eigenvalue weighted by Gasteiger charge is 2.25. The Balaban J connectivity index is 2.43. The first-order chi connectivity index (χ1) is 7.19. The monoisotopic (exact) mass is 212 g/mol. The molecule has 1 unspecified atom stereocenters. The Hall–Kier alpha value is -0.0800. The van der Waals surface area contributed by atoms with Crippen LogP contribution in [0.15, 0.2) is 0 Å². The molecule has 1 saturated carbocycles. The highest BCUT2D eigenvalue weighted by Crippen LogP contribution is 2.28. The van der Waals surface area contributed by atoms with Crippen LogP contribution in [0.1, 0.15) is 40.0 Å². The van der Waals surface area contributed by atoms with Gasteiger partial charge in [-0.25, -0.2) is 0 Å². The Labute approximate surface area is 95.4 Å². The molecule has 1 fully saturated rings. The van der Waals surface area contributed by atoms with E-state index in [-0.39, 0.29) is 0 Å². The molecule has 0 aromatic carbocycles. The molecule has 0 radical (unpaired) electrons. The summed E-state index contributed by atoms with van der Waals surface area (Å²) in [6, 6.07) is 0.709. The maximum absolute atomic E-state index is 3.33. The lowest BCUT2D eigenvalue weighted by Crippen LogP contribution is -2.47. The van der Waals surface area contributed by atoms with E-state index in [1.807, 2.05) is 0 Å². The molecule has 2 heteroatoms. The minimum atomic E-state index is 0.709. The predicted octanol–water partition coefficient (Wildman–Crippen LogP) is 2.35. The van der Waals surface area contributed by atoms with Crippen molar-refractivity contribution in [1.29, 1.82) is 0 Å². The smallest absolute Gasteiger partial charge is 0.0243 e. The maximum Gasteiger partial charge on any atom is 0.0243 e. The fourth-order valence-electron chi connectivity index (χ4n) is 2.50. The third-order valence-corrected chi connectivity index (χ3v) is 3.78. The summed E-state index contributed by atoms with van der Waals surface area (Å²) in [6.07, 6.45) is 4.38. The van der Waals surface area contributed by atoms with Gasteiger partial charge in [0.1, 0.15) is 0 Å². The van der Waals surface area contributed by atoms with Gasteiger partial charge in [0.15, 0.2) is 0 Å². The van der Waals surface area contributed by atoms with E-state index in [2.05, 4.69) is 38.0 Å². The van der Waals surface area contributed by atoms with Gasteiger partial charge in [0, 0.05) is 19.1 Å². The third kappa shape index (κ3) is 3.76. The van der Waals surface area contributed by atoms with Crippen LogP contribution in [-0.2, 0) is 0 Å². The number of rotatable bonds is 7. The Morgan fingerprint density at radius 2 is 2.00 bits per heavy atom. The van der Waals surface area contributed by atoms with E-state index in [0.717, 1.165) is 18.4 Å². The van der Waals surface area contributed by atoms with E-state index in [1.165, 1.54) is 32.4 Å². The van der Waals surface area contributed by atoms with Crippen molar-refractivity contribution >= 4 is 0 Å². The summed E-state index contributed by atoms with van der Waals surface area (Å²) in [5.74, 6) is 1.74. The Bertz CT molecular complexity index is 164. The SMILES string of the molecule is CCN(CC1CCC1)C(CNC)C(C)C. The second-order valence-corrected chi connectivity index (χ2v) is 5.25. The van der Waals surface area contributed by atoms with Gasteiger partial charge in [-0.15, -0.1) is 0 Å². The molecule has 2 nitrogen and oxygen atoms in total. The first kappa shape index (κ1) is 13.0. The summed E-state index contributed by atoms with van der Waals surface area (Å²) in [4.78, 5) is 2.67. The summed E-state index contributed by atoms with van der Waals surface area (Å²) in [5, 5.41) is 3.33. The summed E-state index contributed by atoms with van der Waals surface area (Å²) >= 11 is 0. The molecule has 0 bridgehead atoms. The number of hydrogen-bond acceptors (Lipinski definition) is 2. The molecule has 0 heterocycles. The van der Waals surface area contributed by atoms with Gasteiger partial charge < -0.3 is 5.32 Å². The molecular weight excluding hydrogens is 184 g/mol. The molecular formula is C13H28N2. The normalized spacial score (nSPS) is 19.6. The molecule has 1 rings (SSSR count). The Morgan fingerprint density at radius 3 is 2.33 bits per heavy atom. The number of likely N-dealkylation sites (N-methyl/N-ethyl adjacent to an activating group) is 2. The minimum Gasteiger partial charge on any atom is -0.318 e. The minimum absolute atomic E-state index is 0.709. The molecule has 0 aromatic rings. The van der Waals surface area contributed by atoms with Crippen molar-refractivity contribution < 1.29 is 0 Å². The number of nitrogens with zero attached hydrogens (tertiary/aromatic N) is 1. The van der Waals surface area contributed by atoms with Crippen molar-refractivity contribution in [2.75, 3.05) is 26.7 Å². The van der Waals surface area contributed by atoms with Crippen LogP contribution in [-0.4, -0.2) is 37.6 Å². The largest absolute Gasteiger partial charge is 0.318 e. The summed E-state index contributed by atoms with van der Waals surface area (Å²) < 4.78 is 0. The molecule has 0 aromatic heterocycles. The van der Waals surface area contributed by atoms with Crippen molar-refractivity contribution in [1.82, 2.24) is 10.2 Å². The summed E-state index contributed by atoms with van der Waals surface area (Å²) in [6.45, 7) is 10.6. The van der Waals surface area contributed by atoms with Gasteiger partial charge in [-0.2, -0.15) is 0 Å².